The van der Waals surface area contributed by atoms with Crippen LogP contribution in [0, 0.1) is 3.57 Å². The number of ether oxygens (including phenoxy) is 2. The van der Waals surface area contributed by atoms with E-state index in [0.29, 0.717) is 23.0 Å². The third kappa shape index (κ3) is 3.94. The maximum absolute atomic E-state index is 13.3. The van der Waals surface area contributed by atoms with Crippen LogP contribution < -0.4 is 14.4 Å². The maximum atomic E-state index is 13.3. The molecule has 0 bridgehead atoms. The van der Waals surface area contributed by atoms with E-state index in [4.69, 9.17) is 14.5 Å². The van der Waals surface area contributed by atoms with Crippen molar-refractivity contribution in [3.63, 3.8) is 0 Å². The van der Waals surface area contributed by atoms with E-state index < -0.39 is 0 Å². The van der Waals surface area contributed by atoms with Gasteiger partial charge in [-0.25, -0.2) is 4.98 Å². The number of hydrogen-bond donors (Lipinski definition) is 0. The van der Waals surface area contributed by atoms with Crippen LogP contribution in [0.2, 0.25) is 0 Å². The highest BCUT2D eigenvalue weighted by atomic mass is 127. The van der Waals surface area contributed by atoms with Crippen molar-refractivity contribution in [3.05, 3.63) is 45.5 Å². The molecule has 6 nitrogen and oxygen atoms in total. The molecule has 28 heavy (non-hydrogen) atoms. The van der Waals surface area contributed by atoms with Gasteiger partial charge in [-0.1, -0.05) is 23.5 Å². The van der Waals surface area contributed by atoms with Gasteiger partial charge >= 0.3 is 0 Å². The van der Waals surface area contributed by atoms with Crippen molar-refractivity contribution in [1.82, 2.24) is 9.88 Å². The number of fused-ring (bicyclic) bond motifs is 2. The zero-order chi connectivity index (χ0) is 19.7. The first-order valence-electron chi connectivity index (χ1n) is 8.94. The summed E-state index contributed by atoms with van der Waals surface area (Å²) in [7, 11) is 4.07. The molecular formula is C20H20IN3O3S. The Morgan fingerprint density at radius 2 is 1.93 bits per heavy atom. The zero-order valence-electron chi connectivity index (χ0n) is 15.6. The second-order valence-electron chi connectivity index (χ2n) is 6.76. The lowest BCUT2D eigenvalue weighted by Gasteiger charge is -2.21. The first-order chi connectivity index (χ1) is 13.5. The van der Waals surface area contributed by atoms with E-state index in [9.17, 15) is 4.79 Å². The van der Waals surface area contributed by atoms with Gasteiger partial charge in [0.25, 0.3) is 5.91 Å². The maximum Gasteiger partial charge on any atom is 0.261 e. The van der Waals surface area contributed by atoms with E-state index in [1.54, 1.807) is 4.90 Å². The molecule has 1 aliphatic heterocycles. The van der Waals surface area contributed by atoms with Crippen LogP contribution in [0.15, 0.2) is 36.4 Å². The Balaban J connectivity index is 1.69. The second kappa shape index (κ2) is 8.22. The third-order valence-electron chi connectivity index (χ3n) is 4.44. The van der Waals surface area contributed by atoms with Gasteiger partial charge in [0.2, 0.25) is 6.79 Å². The summed E-state index contributed by atoms with van der Waals surface area (Å²) in [6.07, 6.45) is 0.862. The van der Waals surface area contributed by atoms with E-state index >= 15 is 0 Å². The molecule has 0 fully saturated rings. The third-order valence-corrected chi connectivity index (χ3v) is 6.42. The number of hydrogen-bond acceptors (Lipinski definition) is 6. The zero-order valence-corrected chi connectivity index (χ0v) is 18.6. The van der Waals surface area contributed by atoms with Gasteiger partial charge in [-0.05, 0) is 61.8 Å². The van der Waals surface area contributed by atoms with Crippen molar-refractivity contribution in [1.29, 1.82) is 0 Å². The average molecular weight is 509 g/mol. The Labute approximate surface area is 181 Å². The fourth-order valence-electron chi connectivity index (χ4n) is 3.03. The minimum absolute atomic E-state index is 0.0251. The van der Waals surface area contributed by atoms with Crippen molar-refractivity contribution >= 4 is 55.2 Å². The molecule has 1 aliphatic rings. The highest BCUT2D eigenvalue weighted by Gasteiger charge is 2.24. The lowest BCUT2D eigenvalue weighted by molar-refractivity contribution is 0.0985. The number of amides is 1. The van der Waals surface area contributed by atoms with E-state index in [0.717, 1.165) is 32.5 Å². The molecule has 0 unspecified atom stereocenters. The molecule has 3 aromatic rings. The van der Waals surface area contributed by atoms with Gasteiger partial charge in [0.15, 0.2) is 16.6 Å². The average Bonchev–Trinajstić information content (AvgIpc) is 3.28. The first kappa shape index (κ1) is 19.4. The van der Waals surface area contributed by atoms with Crippen LogP contribution in [0.3, 0.4) is 0 Å². The van der Waals surface area contributed by atoms with Gasteiger partial charge in [0.05, 0.1) is 15.8 Å². The van der Waals surface area contributed by atoms with Gasteiger partial charge in [-0.15, -0.1) is 0 Å². The minimum Gasteiger partial charge on any atom is -0.454 e. The Morgan fingerprint density at radius 3 is 2.68 bits per heavy atom. The number of carbonyl (C=O) groups is 1. The highest BCUT2D eigenvalue weighted by molar-refractivity contribution is 14.1. The monoisotopic (exact) mass is 509 g/mol. The molecular weight excluding hydrogens is 489 g/mol. The van der Waals surface area contributed by atoms with Crippen molar-refractivity contribution in [2.75, 3.05) is 38.9 Å². The van der Waals surface area contributed by atoms with Gasteiger partial charge in [-0.3, -0.25) is 9.69 Å². The SMILES string of the molecule is CN(C)CCCN(C(=O)c1ccccc1I)c1nc2cc3c(cc2s1)OCO3. The van der Waals surface area contributed by atoms with Crippen LogP contribution in [0.5, 0.6) is 11.5 Å². The molecule has 0 saturated carbocycles. The summed E-state index contributed by atoms with van der Waals surface area (Å²) in [4.78, 5) is 22.0. The Morgan fingerprint density at radius 1 is 1.18 bits per heavy atom. The number of thiazole rings is 1. The summed E-state index contributed by atoms with van der Waals surface area (Å²) in [6, 6.07) is 11.5. The van der Waals surface area contributed by atoms with Gasteiger partial charge in [-0.2, -0.15) is 0 Å². The van der Waals surface area contributed by atoms with Crippen molar-refractivity contribution in [2.24, 2.45) is 0 Å². The molecule has 8 heteroatoms. The largest absolute Gasteiger partial charge is 0.454 e. The second-order valence-corrected chi connectivity index (χ2v) is 8.93. The molecule has 4 rings (SSSR count). The standard InChI is InChI=1S/C20H20IN3O3S/c1-23(2)8-5-9-24(19(25)13-6-3-4-7-14(13)21)20-22-15-10-16-17(27-12-26-16)11-18(15)28-20/h3-4,6-7,10-11H,5,8-9,12H2,1-2H3. The van der Waals surface area contributed by atoms with Crippen LogP contribution in [-0.2, 0) is 0 Å². The van der Waals surface area contributed by atoms with Gasteiger partial charge < -0.3 is 14.4 Å². The first-order valence-corrected chi connectivity index (χ1v) is 10.8. The van der Waals surface area contributed by atoms with Crippen molar-refractivity contribution in [3.8, 4) is 11.5 Å². The number of carbonyl (C=O) groups excluding carboxylic acids is 1. The van der Waals surface area contributed by atoms with E-state index in [1.807, 2.05) is 50.5 Å². The molecule has 1 amide bonds. The number of halogens is 1. The normalized spacial score (nSPS) is 12.7. The molecule has 0 radical (unpaired) electrons. The molecule has 1 aromatic heterocycles. The summed E-state index contributed by atoms with van der Waals surface area (Å²) in [5.41, 5.74) is 1.51. The molecule has 0 N–H and O–H groups in total. The number of anilines is 1. The molecule has 0 saturated heterocycles. The summed E-state index contributed by atoms with van der Waals surface area (Å²) in [6.45, 7) is 1.74. The number of aromatic nitrogens is 1. The van der Waals surface area contributed by atoms with Crippen molar-refractivity contribution in [2.45, 2.75) is 6.42 Å². The molecule has 146 valence electrons. The summed E-state index contributed by atoms with van der Waals surface area (Å²) in [5.74, 6) is 1.40. The fourth-order valence-corrected chi connectivity index (χ4v) is 4.65. The number of benzene rings is 2. The lowest BCUT2D eigenvalue weighted by atomic mass is 10.2. The summed E-state index contributed by atoms with van der Waals surface area (Å²) in [5, 5.41) is 0.696. The Hall–Kier alpha value is -1.91. The molecule has 2 heterocycles. The summed E-state index contributed by atoms with van der Waals surface area (Å²) >= 11 is 3.71. The Bertz CT molecular complexity index is 980. The summed E-state index contributed by atoms with van der Waals surface area (Å²) < 4.78 is 12.8. The predicted molar refractivity (Wildman–Crippen MR) is 120 cm³/mol. The quantitative estimate of drug-likeness (QED) is 0.466. The lowest BCUT2D eigenvalue weighted by Crippen LogP contribution is -2.33. The highest BCUT2D eigenvalue weighted by Crippen LogP contribution is 2.40. The molecule has 2 aromatic carbocycles. The number of rotatable bonds is 6. The molecule has 0 spiro atoms. The van der Waals surface area contributed by atoms with Crippen LogP contribution in [-0.4, -0.2) is 49.8 Å². The van der Waals surface area contributed by atoms with Crippen LogP contribution >= 0.6 is 33.9 Å². The van der Waals surface area contributed by atoms with Crippen molar-refractivity contribution < 1.29 is 14.3 Å². The fraction of sp³-hybridized carbons (Fsp3) is 0.300. The minimum atomic E-state index is -0.0251. The van der Waals surface area contributed by atoms with E-state index in [-0.39, 0.29) is 12.7 Å². The smallest absolute Gasteiger partial charge is 0.261 e. The number of nitrogens with zero attached hydrogens (tertiary/aromatic N) is 3. The molecule has 0 aliphatic carbocycles. The Kier molecular flexibility index (Phi) is 5.70. The van der Waals surface area contributed by atoms with Crippen LogP contribution in [0.1, 0.15) is 16.8 Å². The van der Waals surface area contributed by atoms with Gasteiger partial charge in [0, 0.05) is 22.2 Å². The van der Waals surface area contributed by atoms with E-state index in [2.05, 4.69) is 27.5 Å². The van der Waals surface area contributed by atoms with E-state index in [1.165, 1.54) is 11.3 Å². The van der Waals surface area contributed by atoms with Crippen LogP contribution in [0.25, 0.3) is 10.2 Å². The van der Waals surface area contributed by atoms with Crippen LogP contribution in [0.4, 0.5) is 5.13 Å². The van der Waals surface area contributed by atoms with Gasteiger partial charge in [0.1, 0.15) is 0 Å². The topological polar surface area (TPSA) is 54.9 Å². The molecule has 0 atom stereocenters. The predicted octanol–water partition coefficient (Wildman–Crippen LogP) is 4.23.